The maximum absolute atomic E-state index is 12.3. The van der Waals surface area contributed by atoms with E-state index < -0.39 is 0 Å². The van der Waals surface area contributed by atoms with Gasteiger partial charge in [-0.2, -0.15) is 0 Å². The first-order valence-electron chi connectivity index (χ1n) is 7.32. The van der Waals surface area contributed by atoms with Crippen LogP contribution in [0.2, 0.25) is 10.0 Å². The number of aliphatic hydroxyl groups excluding tert-OH is 1. The Morgan fingerprint density at radius 3 is 2.48 bits per heavy atom. The SMILES string of the molecule is CCC1(CO)CCN(C(=O)Cc2ccc(Cl)c(Cl)c2)CC1. The summed E-state index contributed by atoms with van der Waals surface area (Å²) in [6.07, 6.45) is 3.04. The summed E-state index contributed by atoms with van der Waals surface area (Å²) in [5.74, 6) is 0.107. The summed E-state index contributed by atoms with van der Waals surface area (Å²) in [6, 6.07) is 5.30. The summed E-state index contributed by atoms with van der Waals surface area (Å²) in [5.41, 5.74) is 0.879. The molecular formula is C16H21Cl2NO2. The fourth-order valence-electron chi connectivity index (χ4n) is 2.79. The van der Waals surface area contributed by atoms with Crippen molar-refractivity contribution in [3.05, 3.63) is 33.8 Å². The maximum atomic E-state index is 12.3. The third-order valence-electron chi connectivity index (χ3n) is 4.60. The number of halogens is 2. The van der Waals surface area contributed by atoms with Gasteiger partial charge in [0.2, 0.25) is 5.91 Å². The van der Waals surface area contributed by atoms with Gasteiger partial charge in [0.15, 0.2) is 0 Å². The van der Waals surface area contributed by atoms with Crippen molar-refractivity contribution in [2.45, 2.75) is 32.6 Å². The summed E-state index contributed by atoms with van der Waals surface area (Å²) in [6.45, 7) is 3.74. The quantitative estimate of drug-likeness (QED) is 0.917. The molecule has 1 aliphatic heterocycles. The average Bonchev–Trinajstić information content (AvgIpc) is 2.51. The lowest BCUT2D eigenvalue weighted by Gasteiger charge is -2.40. The minimum Gasteiger partial charge on any atom is -0.396 e. The van der Waals surface area contributed by atoms with Crippen molar-refractivity contribution in [1.29, 1.82) is 0 Å². The highest BCUT2D eigenvalue weighted by Crippen LogP contribution is 2.34. The molecule has 3 nitrogen and oxygen atoms in total. The highest BCUT2D eigenvalue weighted by Gasteiger charge is 2.33. The molecular weight excluding hydrogens is 309 g/mol. The van der Waals surface area contributed by atoms with Crippen LogP contribution in [0.15, 0.2) is 18.2 Å². The van der Waals surface area contributed by atoms with Gasteiger partial charge >= 0.3 is 0 Å². The first-order chi connectivity index (χ1) is 9.99. The Balaban J connectivity index is 1.94. The fraction of sp³-hybridized carbons (Fsp3) is 0.562. The van der Waals surface area contributed by atoms with Crippen LogP contribution in [0, 0.1) is 5.41 Å². The van der Waals surface area contributed by atoms with E-state index in [-0.39, 0.29) is 17.9 Å². The van der Waals surface area contributed by atoms with Gasteiger partial charge in [-0.1, -0.05) is 36.2 Å². The Morgan fingerprint density at radius 1 is 1.29 bits per heavy atom. The molecule has 1 amide bonds. The number of rotatable bonds is 4. The number of amides is 1. The molecule has 1 saturated heterocycles. The first-order valence-corrected chi connectivity index (χ1v) is 8.08. The van der Waals surface area contributed by atoms with Gasteiger partial charge in [0.25, 0.3) is 0 Å². The van der Waals surface area contributed by atoms with Gasteiger partial charge in [0.1, 0.15) is 0 Å². The summed E-state index contributed by atoms with van der Waals surface area (Å²) in [5, 5.41) is 10.5. The van der Waals surface area contributed by atoms with Crippen molar-refractivity contribution >= 4 is 29.1 Å². The monoisotopic (exact) mass is 329 g/mol. The smallest absolute Gasteiger partial charge is 0.226 e. The molecule has 1 heterocycles. The van der Waals surface area contributed by atoms with Crippen molar-refractivity contribution in [2.24, 2.45) is 5.41 Å². The Bertz CT molecular complexity index is 505. The number of hydrogen-bond donors (Lipinski definition) is 1. The van der Waals surface area contributed by atoms with Crippen LogP contribution in [0.25, 0.3) is 0 Å². The maximum Gasteiger partial charge on any atom is 0.226 e. The molecule has 0 aromatic heterocycles. The lowest BCUT2D eigenvalue weighted by Crippen LogP contribution is -2.44. The van der Waals surface area contributed by atoms with Crippen LogP contribution in [0.1, 0.15) is 31.7 Å². The van der Waals surface area contributed by atoms with Gasteiger partial charge in [0, 0.05) is 19.7 Å². The predicted octanol–water partition coefficient (Wildman–Crippen LogP) is 3.55. The zero-order valence-corrected chi connectivity index (χ0v) is 13.8. The number of aliphatic hydroxyl groups is 1. The standard InChI is InChI=1S/C16H21Cl2NO2/c1-2-16(11-20)5-7-19(8-6-16)15(21)10-12-3-4-13(17)14(18)9-12/h3-4,9,20H,2,5-8,10-11H2,1H3. The number of piperidine rings is 1. The van der Waals surface area contributed by atoms with Crippen LogP contribution in [0.3, 0.4) is 0 Å². The molecule has 1 aromatic carbocycles. The molecule has 1 aromatic rings. The second-order valence-corrected chi connectivity index (χ2v) is 6.63. The lowest BCUT2D eigenvalue weighted by atomic mass is 9.77. The molecule has 0 saturated carbocycles. The number of carbonyl (C=O) groups is 1. The van der Waals surface area contributed by atoms with E-state index in [2.05, 4.69) is 6.92 Å². The number of carbonyl (C=O) groups excluding carboxylic acids is 1. The minimum absolute atomic E-state index is 0.000357. The molecule has 21 heavy (non-hydrogen) atoms. The Hall–Kier alpha value is -0.770. The molecule has 5 heteroatoms. The van der Waals surface area contributed by atoms with E-state index in [9.17, 15) is 9.90 Å². The van der Waals surface area contributed by atoms with E-state index in [1.54, 1.807) is 12.1 Å². The number of likely N-dealkylation sites (tertiary alicyclic amines) is 1. The van der Waals surface area contributed by atoms with Crippen LogP contribution < -0.4 is 0 Å². The lowest BCUT2D eigenvalue weighted by molar-refractivity contribution is -0.133. The van der Waals surface area contributed by atoms with E-state index in [1.165, 1.54) is 0 Å². The van der Waals surface area contributed by atoms with Crippen LogP contribution in [-0.2, 0) is 11.2 Å². The van der Waals surface area contributed by atoms with Crippen molar-refractivity contribution in [1.82, 2.24) is 4.90 Å². The van der Waals surface area contributed by atoms with Crippen LogP contribution in [0.4, 0.5) is 0 Å². The van der Waals surface area contributed by atoms with E-state index in [1.807, 2.05) is 11.0 Å². The van der Waals surface area contributed by atoms with Crippen LogP contribution in [0.5, 0.6) is 0 Å². The fourth-order valence-corrected chi connectivity index (χ4v) is 3.11. The van der Waals surface area contributed by atoms with Crippen molar-refractivity contribution in [3.63, 3.8) is 0 Å². The summed E-state index contributed by atoms with van der Waals surface area (Å²) >= 11 is 11.9. The van der Waals surface area contributed by atoms with Crippen molar-refractivity contribution in [3.8, 4) is 0 Å². The second kappa shape index (κ2) is 6.99. The van der Waals surface area contributed by atoms with Crippen molar-refractivity contribution in [2.75, 3.05) is 19.7 Å². The summed E-state index contributed by atoms with van der Waals surface area (Å²) in [4.78, 5) is 14.2. The van der Waals surface area contributed by atoms with Gasteiger partial charge < -0.3 is 10.0 Å². The molecule has 0 radical (unpaired) electrons. The zero-order valence-electron chi connectivity index (χ0n) is 12.2. The zero-order chi connectivity index (χ0) is 15.5. The largest absolute Gasteiger partial charge is 0.396 e. The molecule has 1 fully saturated rings. The molecule has 0 unspecified atom stereocenters. The molecule has 0 spiro atoms. The van der Waals surface area contributed by atoms with E-state index >= 15 is 0 Å². The second-order valence-electron chi connectivity index (χ2n) is 5.82. The highest BCUT2D eigenvalue weighted by molar-refractivity contribution is 6.42. The molecule has 2 rings (SSSR count). The topological polar surface area (TPSA) is 40.5 Å². The third-order valence-corrected chi connectivity index (χ3v) is 5.34. The predicted molar refractivity (Wildman–Crippen MR) is 85.8 cm³/mol. The van der Waals surface area contributed by atoms with E-state index in [0.717, 1.165) is 24.8 Å². The molecule has 0 aliphatic carbocycles. The summed E-state index contributed by atoms with van der Waals surface area (Å²) < 4.78 is 0. The number of benzene rings is 1. The molecule has 116 valence electrons. The third kappa shape index (κ3) is 3.91. The minimum atomic E-state index is 0.000357. The van der Waals surface area contributed by atoms with Crippen LogP contribution >= 0.6 is 23.2 Å². The van der Waals surface area contributed by atoms with Gasteiger partial charge in [-0.05, 0) is 42.4 Å². The van der Waals surface area contributed by atoms with Crippen LogP contribution in [-0.4, -0.2) is 35.6 Å². The Labute approximate surface area is 135 Å². The summed E-state index contributed by atoms with van der Waals surface area (Å²) in [7, 11) is 0. The average molecular weight is 330 g/mol. The number of nitrogens with zero attached hydrogens (tertiary/aromatic N) is 1. The Kier molecular flexibility index (Phi) is 5.53. The normalized spacial score (nSPS) is 17.8. The van der Waals surface area contributed by atoms with Gasteiger partial charge in [0.05, 0.1) is 16.5 Å². The van der Waals surface area contributed by atoms with Gasteiger partial charge in [-0.25, -0.2) is 0 Å². The van der Waals surface area contributed by atoms with Gasteiger partial charge in [-0.3, -0.25) is 4.79 Å². The van der Waals surface area contributed by atoms with E-state index in [0.29, 0.717) is 29.6 Å². The highest BCUT2D eigenvalue weighted by atomic mass is 35.5. The van der Waals surface area contributed by atoms with Gasteiger partial charge in [-0.15, -0.1) is 0 Å². The Morgan fingerprint density at radius 2 is 1.95 bits per heavy atom. The molecule has 1 aliphatic rings. The molecule has 0 atom stereocenters. The molecule has 1 N–H and O–H groups in total. The number of hydrogen-bond acceptors (Lipinski definition) is 2. The van der Waals surface area contributed by atoms with Crippen molar-refractivity contribution < 1.29 is 9.90 Å². The molecule has 0 bridgehead atoms. The first kappa shape index (κ1) is 16.6. The van der Waals surface area contributed by atoms with E-state index in [4.69, 9.17) is 23.2 Å².